The van der Waals surface area contributed by atoms with Crippen molar-refractivity contribution in [3.8, 4) is 11.5 Å². The van der Waals surface area contributed by atoms with Crippen LogP contribution in [0.3, 0.4) is 0 Å². The van der Waals surface area contributed by atoms with Crippen LogP contribution in [0.15, 0.2) is 53.7 Å². The molecule has 0 bridgehead atoms. The van der Waals surface area contributed by atoms with Crippen LogP contribution in [0.5, 0.6) is 11.5 Å². The SMILES string of the molecule is CCc1cc(NC(=O)c2cccnc2S(=O)Cc2ccc(OC)cc2OC)cc(C)n1. The Bertz CT molecular complexity index is 1120. The number of hydrogen-bond donors (Lipinski definition) is 1. The zero-order valence-electron chi connectivity index (χ0n) is 18.0. The van der Waals surface area contributed by atoms with Gasteiger partial charge in [-0.2, -0.15) is 0 Å². The first-order valence-corrected chi connectivity index (χ1v) is 11.1. The lowest BCUT2D eigenvalue weighted by molar-refractivity contribution is 0.102. The standard InChI is InChI=1S/C23H25N3O4S/c1-5-17-12-18(11-15(2)25-17)26-22(27)20-7-6-10-24-23(20)31(28)14-16-8-9-19(29-3)13-21(16)30-4/h6-13H,5,14H2,1-4H3,(H,25,26,27). The topological polar surface area (TPSA) is 90.4 Å². The summed E-state index contributed by atoms with van der Waals surface area (Å²) in [5.41, 5.74) is 3.34. The van der Waals surface area contributed by atoms with Crippen molar-refractivity contribution in [2.45, 2.75) is 31.0 Å². The number of ether oxygens (including phenoxy) is 2. The van der Waals surface area contributed by atoms with E-state index >= 15 is 0 Å². The third-order valence-electron chi connectivity index (χ3n) is 4.64. The molecule has 0 aliphatic carbocycles. The van der Waals surface area contributed by atoms with E-state index in [2.05, 4.69) is 15.3 Å². The Morgan fingerprint density at radius 1 is 1.13 bits per heavy atom. The monoisotopic (exact) mass is 439 g/mol. The molecule has 0 fully saturated rings. The van der Waals surface area contributed by atoms with Gasteiger partial charge in [0.1, 0.15) is 16.5 Å². The van der Waals surface area contributed by atoms with Crippen molar-refractivity contribution in [2.24, 2.45) is 0 Å². The maximum Gasteiger partial charge on any atom is 0.258 e. The number of hydrogen-bond acceptors (Lipinski definition) is 6. The average molecular weight is 440 g/mol. The fourth-order valence-corrected chi connectivity index (χ4v) is 4.36. The Morgan fingerprint density at radius 2 is 1.94 bits per heavy atom. The van der Waals surface area contributed by atoms with Gasteiger partial charge in [-0.3, -0.25) is 14.0 Å². The van der Waals surface area contributed by atoms with Crippen LogP contribution in [0.2, 0.25) is 0 Å². The number of rotatable bonds is 8. The number of carbonyl (C=O) groups excluding carboxylic acids is 1. The number of carbonyl (C=O) groups is 1. The van der Waals surface area contributed by atoms with E-state index in [9.17, 15) is 9.00 Å². The fourth-order valence-electron chi connectivity index (χ4n) is 3.11. The van der Waals surface area contributed by atoms with Gasteiger partial charge < -0.3 is 14.8 Å². The molecule has 0 spiro atoms. The van der Waals surface area contributed by atoms with E-state index in [1.807, 2.05) is 19.9 Å². The molecule has 0 aliphatic rings. The first kappa shape index (κ1) is 22.4. The second kappa shape index (κ2) is 10.2. The molecule has 0 radical (unpaired) electrons. The molecular weight excluding hydrogens is 414 g/mol. The average Bonchev–Trinajstić information content (AvgIpc) is 2.78. The molecule has 1 amide bonds. The van der Waals surface area contributed by atoms with Crippen LogP contribution in [0.1, 0.15) is 34.2 Å². The smallest absolute Gasteiger partial charge is 0.258 e. The Hall–Kier alpha value is -3.26. The molecule has 1 aromatic carbocycles. The fraction of sp³-hybridized carbons (Fsp3) is 0.261. The molecule has 2 aromatic heterocycles. The van der Waals surface area contributed by atoms with Crippen molar-refractivity contribution in [1.29, 1.82) is 0 Å². The van der Waals surface area contributed by atoms with Gasteiger partial charge >= 0.3 is 0 Å². The van der Waals surface area contributed by atoms with Crippen LogP contribution in [-0.2, 0) is 23.0 Å². The van der Waals surface area contributed by atoms with Crippen molar-refractivity contribution in [3.63, 3.8) is 0 Å². The van der Waals surface area contributed by atoms with Gasteiger partial charge in [-0.05, 0) is 43.7 Å². The molecule has 1 unspecified atom stereocenters. The van der Waals surface area contributed by atoms with Crippen molar-refractivity contribution in [3.05, 3.63) is 71.2 Å². The maximum absolute atomic E-state index is 13.1. The molecule has 1 atom stereocenters. The van der Waals surface area contributed by atoms with E-state index in [1.165, 1.54) is 6.20 Å². The van der Waals surface area contributed by atoms with Gasteiger partial charge in [0.25, 0.3) is 5.91 Å². The second-order valence-corrected chi connectivity index (χ2v) is 8.19. The Kier molecular flexibility index (Phi) is 7.36. The highest BCUT2D eigenvalue weighted by molar-refractivity contribution is 7.84. The lowest BCUT2D eigenvalue weighted by Crippen LogP contribution is -2.16. The van der Waals surface area contributed by atoms with E-state index in [0.717, 1.165) is 23.4 Å². The molecule has 0 saturated carbocycles. The lowest BCUT2D eigenvalue weighted by Gasteiger charge is -2.12. The first-order chi connectivity index (χ1) is 14.9. The van der Waals surface area contributed by atoms with Crippen molar-refractivity contribution in [1.82, 2.24) is 9.97 Å². The predicted octanol–water partition coefficient (Wildman–Crippen LogP) is 3.92. The number of aromatic nitrogens is 2. The number of anilines is 1. The Labute approximate surface area is 184 Å². The van der Waals surface area contributed by atoms with Gasteiger partial charge in [0.15, 0.2) is 0 Å². The van der Waals surface area contributed by atoms with Gasteiger partial charge in [-0.1, -0.05) is 13.0 Å². The van der Waals surface area contributed by atoms with Crippen LogP contribution < -0.4 is 14.8 Å². The van der Waals surface area contributed by atoms with Gasteiger partial charge in [-0.15, -0.1) is 0 Å². The van der Waals surface area contributed by atoms with Crippen molar-refractivity contribution >= 4 is 22.4 Å². The molecule has 31 heavy (non-hydrogen) atoms. The largest absolute Gasteiger partial charge is 0.497 e. The van der Waals surface area contributed by atoms with Gasteiger partial charge in [0.05, 0.1) is 36.3 Å². The van der Waals surface area contributed by atoms with Gasteiger partial charge in [-0.25, -0.2) is 4.98 Å². The summed E-state index contributed by atoms with van der Waals surface area (Å²) in [5, 5.41) is 3.10. The lowest BCUT2D eigenvalue weighted by atomic mass is 10.2. The summed E-state index contributed by atoms with van der Waals surface area (Å²) in [6.45, 7) is 3.88. The van der Waals surface area contributed by atoms with Crippen LogP contribution in [-0.4, -0.2) is 34.3 Å². The number of pyridine rings is 2. The molecule has 162 valence electrons. The quantitative estimate of drug-likeness (QED) is 0.572. The number of benzene rings is 1. The van der Waals surface area contributed by atoms with Crippen LogP contribution in [0, 0.1) is 6.92 Å². The number of methoxy groups -OCH3 is 2. The van der Waals surface area contributed by atoms with E-state index in [4.69, 9.17) is 9.47 Å². The molecular formula is C23H25N3O4S. The molecule has 8 heteroatoms. The van der Waals surface area contributed by atoms with Gasteiger partial charge in [0, 0.05) is 34.9 Å². The molecule has 0 saturated heterocycles. The minimum atomic E-state index is -1.56. The van der Waals surface area contributed by atoms with Crippen LogP contribution in [0.25, 0.3) is 0 Å². The van der Waals surface area contributed by atoms with E-state index in [0.29, 0.717) is 17.2 Å². The summed E-state index contributed by atoms with van der Waals surface area (Å²) in [5.74, 6) is 0.988. The van der Waals surface area contributed by atoms with E-state index < -0.39 is 10.8 Å². The third kappa shape index (κ3) is 5.46. The molecule has 2 heterocycles. The molecule has 7 nitrogen and oxygen atoms in total. The maximum atomic E-state index is 13.1. The summed E-state index contributed by atoms with van der Waals surface area (Å²) < 4.78 is 23.7. The molecule has 3 rings (SSSR count). The summed E-state index contributed by atoms with van der Waals surface area (Å²) in [4.78, 5) is 21.6. The molecule has 0 aliphatic heterocycles. The zero-order chi connectivity index (χ0) is 22.4. The molecule has 3 aromatic rings. The summed E-state index contributed by atoms with van der Waals surface area (Å²) >= 11 is 0. The summed E-state index contributed by atoms with van der Waals surface area (Å²) in [6.07, 6.45) is 2.29. The third-order valence-corrected chi connectivity index (χ3v) is 5.97. The van der Waals surface area contributed by atoms with Crippen LogP contribution >= 0.6 is 0 Å². The summed E-state index contributed by atoms with van der Waals surface area (Å²) in [6, 6.07) is 12.2. The second-order valence-electron chi connectivity index (χ2n) is 6.82. The highest BCUT2D eigenvalue weighted by Crippen LogP contribution is 2.27. The molecule has 1 N–H and O–H groups in total. The van der Waals surface area contributed by atoms with Crippen molar-refractivity contribution in [2.75, 3.05) is 19.5 Å². The first-order valence-electron chi connectivity index (χ1n) is 9.78. The number of nitrogens with one attached hydrogen (secondary N) is 1. The van der Waals surface area contributed by atoms with E-state index in [-0.39, 0.29) is 22.2 Å². The van der Waals surface area contributed by atoms with Gasteiger partial charge in [0.2, 0.25) is 0 Å². The van der Waals surface area contributed by atoms with E-state index in [1.54, 1.807) is 50.6 Å². The van der Waals surface area contributed by atoms with Crippen molar-refractivity contribution < 1.29 is 18.5 Å². The number of amides is 1. The highest BCUT2D eigenvalue weighted by atomic mass is 32.2. The minimum absolute atomic E-state index is 0.152. The Morgan fingerprint density at radius 3 is 2.65 bits per heavy atom. The Balaban J connectivity index is 1.85. The highest BCUT2D eigenvalue weighted by Gasteiger charge is 2.19. The number of aryl methyl sites for hydroxylation is 2. The van der Waals surface area contributed by atoms with Crippen LogP contribution in [0.4, 0.5) is 5.69 Å². The number of nitrogens with zero attached hydrogens (tertiary/aromatic N) is 2. The zero-order valence-corrected chi connectivity index (χ0v) is 18.8. The predicted molar refractivity (Wildman–Crippen MR) is 120 cm³/mol. The minimum Gasteiger partial charge on any atom is -0.497 e. The normalized spacial score (nSPS) is 11.6. The summed E-state index contributed by atoms with van der Waals surface area (Å²) in [7, 11) is 1.55.